The molecule has 1 aromatic heterocycles. The van der Waals surface area contributed by atoms with Crippen LogP contribution in [0.4, 0.5) is 5.13 Å². The molecule has 18 heavy (non-hydrogen) atoms. The monoisotopic (exact) mass is 268 g/mol. The number of aromatic nitrogens is 1. The van der Waals surface area contributed by atoms with E-state index >= 15 is 0 Å². The number of hydrogen-bond acceptors (Lipinski definition) is 4. The Balaban J connectivity index is 1.82. The Bertz CT molecular complexity index is 397. The van der Waals surface area contributed by atoms with Gasteiger partial charge in [-0.1, -0.05) is 19.8 Å². The molecule has 1 heterocycles. The summed E-state index contributed by atoms with van der Waals surface area (Å²) < 4.78 is 0. The predicted octanol–water partition coefficient (Wildman–Crippen LogP) is 3.61. The van der Waals surface area contributed by atoms with Crippen LogP contribution in [0.3, 0.4) is 0 Å². The van der Waals surface area contributed by atoms with Gasteiger partial charge in [-0.3, -0.25) is 0 Å². The van der Waals surface area contributed by atoms with Gasteiger partial charge in [0.2, 0.25) is 0 Å². The summed E-state index contributed by atoms with van der Waals surface area (Å²) in [5.74, 6) is -0.0649. The summed E-state index contributed by atoms with van der Waals surface area (Å²) in [6.07, 6.45) is 7.52. The second-order valence-corrected chi connectivity index (χ2v) is 5.85. The molecule has 4 nitrogen and oxygen atoms in total. The average Bonchev–Trinajstić information content (AvgIpc) is 2.81. The molecule has 5 heteroatoms. The Hall–Kier alpha value is -1.10. The van der Waals surface area contributed by atoms with Crippen molar-refractivity contribution >= 4 is 22.4 Å². The van der Waals surface area contributed by atoms with Gasteiger partial charge >= 0.3 is 5.97 Å². The summed E-state index contributed by atoms with van der Waals surface area (Å²) in [7, 11) is 0. The molecule has 0 saturated heterocycles. The smallest absolute Gasteiger partial charge is 0.355 e. The number of thiazole rings is 1. The lowest BCUT2D eigenvalue weighted by Gasteiger charge is -2.28. The second-order valence-electron chi connectivity index (χ2n) is 4.99. The molecule has 2 N–H and O–H groups in total. The fourth-order valence-electron chi connectivity index (χ4n) is 2.62. The van der Waals surface area contributed by atoms with E-state index < -0.39 is 5.97 Å². The van der Waals surface area contributed by atoms with Gasteiger partial charge in [-0.05, 0) is 31.6 Å². The number of nitrogens with zero attached hydrogens (tertiary/aromatic N) is 1. The Morgan fingerprint density at radius 3 is 2.78 bits per heavy atom. The SMILES string of the molecule is CCCC1CCC(Nc2nc(C(=O)O)cs2)CC1. The molecule has 0 amide bonds. The number of rotatable bonds is 5. The van der Waals surface area contributed by atoms with Gasteiger partial charge in [0.1, 0.15) is 0 Å². The van der Waals surface area contributed by atoms with Gasteiger partial charge in [0, 0.05) is 11.4 Å². The van der Waals surface area contributed by atoms with Crippen LogP contribution < -0.4 is 5.32 Å². The van der Waals surface area contributed by atoms with E-state index in [-0.39, 0.29) is 5.69 Å². The van der Waals surface area contributed by atoms with Crippen molar-refractivity contribution in [2.45, 2.75) is 51.5 Å². The van der Waals surface area contributed by atoms with Crippen LogP contribution >= 0.6 is 11.3 Å². The molecule has 2 rings (SSSR count). The van der Waals surface area contributed by atoms with Crippen LogP contribution in [-0.2, 0) is 0 Å². The topological polar surface area (TPSA) is 62.2 Å². The fourth-order valence-corrected chi connectivity index (χ4v) is 3.38. The third-order valence-corrected chi connectivity index (χ3v) is 4.37. The lowest BCUT2D eigenvalue weighted by Crippen LogP contribution is -2.26. The minimum absolute atomic E-state index is 0.141. The summed E-state index contributed by atoms with van der Waals surface area (Å²) in [6, 6.07) is 0.464. The van der Waals surface area contributed by atoms with Crippen molar-refractivity contribution in [1.29, 1.82) is 0 Å². The van der Waals surface area contributed by atoms with Gasteiger partial charge in [-0.15, -0.1) is 11.3 Å². The van der Waals surface area contributed by atoms with Crippen molar-refractivity contribution in [2.24, 2.45) is 5.92 Å². The van der Waals surface area contributed by atoms with E-state index in [1.54, 1.807) is 5.38 Å². The van der Waals surface area contributed by atoms with Crippen LogP contribution in [0.25, 0.3) is 0 Å². The van der Waals surface area contributed by atoms with Gasteiger partial charge in [0.15, 0.2) is 10.8 Å². The molecule has 0 radical (unpaired) electrons. The molecule has 1 aromatic rings. The normalized spacial score (nSPS) is 23.8. The number of carboxylic acid groups (broad SMARTS) is 1. The van der Waals surface area contributed by atoms with E-state index in [1.165, 1.54) is 49.9 Å². The molecule has 0 aromatic carbocycles. The van der Waals surface area contributed by atoms with Crippen LogP contribution in [0, 0.1) is 5.92 Å². The molecule has 1 fully saturated rings. The maximum atomic E-state index is 10.7. The number of aromatic carboxylic acids is 1. The van der Waals surface area contributed by atoms with Gasteiger partial charge < -0.3 is 10.4 Å². The van der Waals surface area contributed by atoms with Crippen LogP contribution in [0.2, 0.25) is 0 Å². The van der Waals surface area contributed by atoms with E-state index in [0.717, 1.165) is 11.0 Å². The van der Waals surface area contributed by atoms with Crippen molar-refractivity contribution in [3.8, 4) is 0 Å². The minimum atomic E-state index is -0.953. The minimum Gasteiger partial charge on any atom is -0.476 e. The summed E-state index contributed by atoms with van der Waals surface area (Å²) in [5.41, 5.74) is 0.141. The van der Waals surface area contributed by atoms with Crippen molar-refractivity contribution in [1.82, 2.24) is 4.98 Å². The molecular weight excluding hydrogens is 248 g/mol. The first-order valence-electron chi connectivity index (χ1n) is 6.64. The summed E-state index contributed by atoms with van der Waals surface area (Å²) >= 11 is 1.38. The molecule has 1 aliphatic rings. The van der Waals surface area contributed by atoms with Crippen LogP contribution in [0.5, 0.6) is 0 Å². The summed E-state index contributed by atoms with van der Waals surface area (Å²) in [4.78, 5) is 14.8. The Morgan fingerprint density at radius 2 is 2.22 bits per heavy atom. The molecule has 0 unspecified atom stereocenters. The second kappa shape index (κ2) is 6.18. The largest absolute Gasteiger partial charge is 0.476 e. The van der Waals surface area contributed by atoms with E-state index in [0.29, 0.717) is 6.04 Å². The lowest BCUT2D eigenvalue weighted by atomic mass is 9.83. The number of carboxylic acids is 1. The number of nitrogens with one attached hydrogen (secondary N) is 1. The highest BCUT2D eigenvalue weighted by atomic mass is 32.1. The number of anilines is 1. The van der Waals surface area contributed by atoms with Crippen LogP contribution in [-0.4, -0.2) is 22.1 Å². The molecule has 0 atom stereocenters. The highest BCUT2D eigenvalue weighted by Gasteiger charge is 2.21. The Morgan fingerprint density at radius 1 is 1.50 bits per heavy atom. The highest BCUT2D eigenvalue weighted by molar-refractivity contribution is 7.13. The zero-order valence-corrected chi connectivity index (χ0v) is 11.5. The maximum Gasteiger partial charge on any atom is 0.355 e. The first kappa shape index (κ1) is 13.3. The van der Waals surface area contributed by atoms with Crippen molar-refractivity contribution in [3.63, 3.8) is 0 Å². The zero-order valence-electron chi connectivity index (χ0n) is 10.7. The molecule has 100 valence electrons. The lowest BCUT2D eigenvalue weighted by molar-refractivity contribution is 0.0691. The zero-order chi connectivity index (χ0) is 13.0. The quantitative estimate of drug-likeness (QED) is 0.856. The third-order valence-electron chi connectivity index (χ3n) is 3.59. The van der Waals surface area contributed by atoms with Crippen LogP contribution in [0.15, 0.2) is 5.38 Å². The summed E-state index contributed by atoms with van der Waals surface area (Å²) in [6.45, 7) is 2.24. The molecule has 1 aliphatic carbocycles. The van der Waals surface area contributed by atoms with Gasteiger partial charge in [-0.2, -0.15) is 0 Å². The molecular formula is C13H20N2O2S. The van der Waals surface area contributed by atoms with Crippen molar-refractivity contribution < 1.29 is 9.90 Å². The van der Waals surface area contributed by atoms with Crippen molar-refractivity contribution in [3.05, 3.63) is 11.1 Å². The van der Waals surface area contributed by atoms with E-state index in [9.17, 15) is 4.79 Å². The van der Waals surface area contributed by atoms with Gasteiger partial charge in [0.25, 0.3) is 0 Å². The number of carbonyl (C=O) groups is 1. The van der Waals surface area contributed by atoms with Gasteiger partial charge in [-0.25, -0.2) is 9.78 Å². The molecule has 0 aliphatic heterocycles. The maximum absolute atomic E-state index is 10.7. The third kappa shape index (κ3) is 3.45. The number of hydrogen-bond donors (Lipinski definition) is 2. The van der Waals surface area contributed by atoms with Crippen molar-refractivity contribution in [2.75, 3.05) is 5.32 Å². The van der Waals surface area contributed by atoms with Gasteiger partial charge in [0.05, 0.1) is 0 Å². The van der Waals surface area contributed by atoms with E-state index in [4.69, 9.17) is 5.11 Å². The fraction of sp³-hybridized carbons (Fsp3) is 0.692. The Kier molecular flexibility index (Phi) is 4.58. The average molecular weight is 268 g/mol. The molecule has 0 spiro atoms. The molecule has 0 bridgehead atoms. The van der Waals surface area contributed by atoms with E-state index in [2.05, 4.69) is 17.2 Å². The first-order valence-corrected chi connectivity index (χ1v) is 7.52. The predicted molar refractivity (Wildman–Crippen MR) is 73.4 cm³/mol. The highest BCUT2D eigenvalue weighted by Crippen LogP contribution is 2.30. The van der Waals surface area contributed by atoms with Crippen LogP contribution in [0.1, 0.15) is 55.9 Å². The molecule has 1 saturated carbocycles. The van der Waals surface area contributed by atoms with E-state index in [1.807, 2.05) is 0 Å². The first-order chi connectivity index (χ1) is 8.69. The summed E-state index contributed by atoms with van der Waals surface area (Å²) in [5, 5.41) is 14.5. The Labute approximate surface area is 111 Å². The standard InChI is InChI=1S/C13H20N2O2S/c1-2-3-9-4-6-10(7-5-9)14-13-15-11(8-18-13)12(16)17/h8-10H,2-7H2,1H3,(H,14,15)(H,16,17).